The molecule has 0 radical (unpaired) electrons. The SMILES string of the molecule is CCc1ncc2c(n1)CN(c1cnc3ccccc3n1)CC2. The molecule has 0 aliphatic carbocycles. The molecule has 4 rings (SSSR count). The second kappa shape index (κ2) is 5.33. The van der Waals surface area contributed by atoms with Crippen LogP contribution in [0.15, 0.2) is 36.7 Å². The molecule has 22 heavy (non-hydrogen) atoms. The molecule has 0 saturated heterocycles. The lowest BCUT2D eigenvalue weighted by Crippen LogP contribution is -2.32. The maximum absolute atomic E-state index is 4.73. The number of para-hydroxylation sites is 2. The van der Waals surface area contributed by atoms with Crippen LogP contribution in [0, 0.1) is 0 Å². The van der Waals surface area contributed by atoms with Crippen LogP contribution in [0.3, 0.4) is 0 Å². The van der Waals surface area contributed by atoms with Gasteiger partial charge in [0.1, 0.15) is 11.6 Å². The average Bonchev–Trinajstić information content (AvgIpc) is 2.60. The Labute approximate surface area is 129 Å². The number of hydrogen-bond donors (Lipinski definition) is 0. The van der Waals surface area contributed by atoms with Gasteiger partial charge in [-0.2, -0.15) is 0 Å². The Hall–Kier alpha value is -2.56. The summed E-state index contributed by atoms with van der Waals surface area (Å²) >= 11 is 0. The molecule has 0 atom stereocenters. The molecule has 3 heterocycles. The number of rotatable bonds is 2. The van der Waals surface area contributed by atoms with Crippen molar-refractivity contribution < 1.29 is 0 Å². The molecule has 1 aromatic carbocycles. The monoisotopic (exact) mass is 291 g/mol. The van der Waals surface area contributed by atoms with E-state index < -0.39 is 0 Å². The quantitative estimate of drug-likeness (QED) is 0.726. The summed E-state index contributed by atoms with van der Waals surface area (Å²) in [5, 5.41) is 0. The van der Waals surface area contributed by atoms with Crippen LogP contribution >= 0.6 is 0 Å². The highest BCUT2D eigenvalue weighted by Gasteiger charge is 2.19. The minimum atomic E-state index is 0.776. The second-order valence-electron chi connectivity index (χ2n) is 5.50. The first kappa shape index (κ1) is 13.1. The van der Waals surface area contributed by atoms with E-state index in [1.54, 1.807) is 0 Å². The van der Waals surface area contributed by atoms with E-state index in [1.165, 1.54) is 5.56 Å². The molecule has 0 amide bonds. The fourth-order valence-corrected chi connectivity index (χ4v) is 2.81. The third-order valence-corrected chi connectivity index (χ3v) is 4.07. The van der Waals surface area contributed by atoms with Crippen molar-refractivity contribution in [2.45, 2.75) is 26.3 Å². The zero-order valence-electron chi connectivity index (χ0n) is 12.5. The second-order valence-corrected chi connectivity index (χ2v) is 5.50. The molecule has 0 N–H and O–H groups in total. The summed E-state index contributed by atoms with van der Waals surface area (Å²) in [6, 6.07) is 7.96. The summed E-state index contributed by atoms with van der Waals surface area (Å²) in [4.78, 5) is 20.5. The van der Waals surface area contributed by atoms with Crippen LogP contribution in [0.4, 0.5) is 5.82 Å². The molecule has 0 fully saturated rings. The highest BCUT2D eigenvalue weighted by Crippen LogP contribution is 2.22. The third-order valence-electron chi connectivity index (χ3n) is 4.07. The fraction of sp³-hybridized carbons (Fsp3) is 0.294. The maximum Gasteiger partial charge on any atom is 0.148 e. The molecule has 110 valence electrons. The van der Waals surface area contributed by atoms with Crippen molar-refractivity contribution in [1.82, 2.24) is 19.9 Å². The Bertz CT molecular complexity index is 830. The van der Waals surface area contributed by atoms with E-state index in [0.717, 1.165) is 54.3 Å². The number of aryl methyl sites for hydroxylation is 1. The van der Waals surface area contributed by atoms with Gasteiger partial charge < -0.3 is 4.90 Å². The van der Waals surface area contributed by atoms with Crippen LogP contribution in [0.25, 0.3) is 11.0 Å². The van der Waals surface area contributed by atoms with E-state index >= 15 is 0 Å². The summed E-state index contributed by atoms with van der Waals surface area (Å²) < 4.78 is 0. The first-order valence-corrected chi connectivity index (χ1v) is 7.64. The predicted molar refractivity (Wildman–Crippen MR) is 85.7 cm³/mol. The lowest BCUT2D eigenvalue weighted by atomic mass is 10.1. The molecular weight excluding hydrogens is 274 g/mol. The smallest absolute Gasteiger partial charge is 0.148 e. The average molecular weight is 291 g/mol. The zero-order valence-corrected chi connectivity index (χ0v) is 12.5. The molecule has 2 aromatic heterocycles. The van der Waals surface area contributed by atoms with Gasteiger partial charge in [-0.25, -0.2) is 15.0 Å². The maximum atomic E-state index is 4.73. The molecule has 0 saturated carbocycles. The Morgan fingerprint density at radius 3 is 2.77 bits per heavy atom. The number of fused-ring (bicyclic) bond motifs is 2. The third kappa shape index (κ3) is 2.28. The van der Waals surface area contributed by atoms with Crippen LogP contribution in [0.5, 0.6) is 0 Å². The van der Waals surface area contributed by atoms with E-state index in [1.807, 2.05) is 36.7 Å². The van der Waals surface area contributed by atoms with Crippen LogP contribution in [0.2, 0.25) is 0 Å². The minimum Gasteiger partial charge on any atom is -0.349 e. The van der Waals surface area contributed by atoms with Gasteiger partial charge in [0.2, 0.25) is 0 Å². The molecule has 5 nitrogen and oxygen atoms in total. The van der Waals surface area contributed by atoms with Crippen molar-refractivity contribution >= 4 is 16.9 Å². The summed E-state index contributed by atoms with van der Waals surface area (Å²) in [7, 11) is 0. The Kier molecular flexibility index (Phi) is 3.18. The number of hydrogen-bond acceptors (Lipinski definition) is 5. The minimum absolute atomic E-state index is 0.776. The van der Waals surface area contributed by atoms with Gasteiger partial charge >= 0.3 is 0 Å². The highest BCUT2D eigenvalue weighted by molar-refractivity contribution is 5.75. The number of nitrogens with zero attached hydrogens (tertiary/aromatic N) is 5. The van der Waals surface area contributed by atoms with Crippen LogP contribution in [-0.4, -0.2) is 26.5 Å². The summed E-state index contributed by atoms with van der Waals surface area (Å²) in [5.41, 5.74) is 4.23. The van der Waals surface area contributed by atoms with Gasteiger partial charge in [-0.05, 0) is 24.1 Å². The van der Waals surface area contributed by atoms with Gasteiger partial charge in [-0.1, -0.05) is 19.1 Å². The van der Waals surface area contributed by atoms with Crippen molar-refractivity contribution in [2.75, 3.05) is 11.4 Å². The number of anilines is 1. The fourth-order valence-electron chi connectivity index (χ4n) is 2.81. The largest absolute Gasteiger partial charge is 0.349 e. The topological polar surface area (TPSA) is 54.8 Å². The van der Waals surface area contributed by atoms with Crippen molar-refractivity contribution in [3.05, 3.63) is 53.7 Å². The van der Waals surface area contributed by atoms with Crippen LogP contribution in [0.1, 0.15) is 24.0 Å². The van der Waals surface area contributed by atoms with Crippen LogP contribution in [-0.2, 0) is 19.4 Å². The summed E-state index contributed by atoms with van der Waals surface area (Å²) in [6.45, 7) is 3.78. The lowest BCUT2D eigenvalue weighted by Gasteiger charge is -2.28. The molecule has 0 unspecified atom stereocenters. The van der Waals surface area contributed by atoms with Gasteiger partial charge in [0.15, 0.2) is 0 Å². The molecule has 1 aliphatic rings. The van der Waals surface area contributed by atoms with Gasteiger partial charge in [0.25, 0.3) is 0 Å². The van der Waals surface area contributed by atoms with Crippen molar-refractivity contribution in [2.24, 2.45) is 0 Å². The standard InChI is InChI=1S/C17H17N5/c1-2-16-19-9-12-7-8-22(11-15(12)20-16)17-10-18-13-5-3-4-6-14(13)21-17/h3-6,9-10H,2,7-8,11H2,1H3. The van der Waals surface area contributed by atoms with Gasteiger partial charge in [0.05, 0.1) is 29.5 Å². The Balaban J connectivity index is 1.67. The normalized spacial score (nSPS) is 14.1. The molecule has 5 heteroatoms. The van der Waals surface area contributed by atoms with Gasteiger partial charge in [-0.3, -0.25) is 4.98 Å². The molecule has 0 bridgehead atoms. The van der Waals surface area contributed by atoms with E-state index in [2.05, 4.69) is 26.8 Å². The molecule has 1 aliphatic heterocycles. The van der Waals surface area contributed by atoms with E-state index in [4.69, 9.17) is 4.98 Å². The molecular formula is C17H17N5. The predicted octanol–water partition coefficient (Wildman–Crippen LogP) is 2.54. The molecule has 3 aromatic rings. The lowest BCUT2D eigenvalue weighted by molar-refractivity contribution is 0.684. The Morgan fingerprint density at radius 2 is 1.91 bits per heavy atom. The first-order chi connectivity index (χ1) is 10.8. The first-order valence-electron chi connectivity index (χ1n) is 7.64. The van der Waals surface area contributed by atoms with Crippen LogP contribution < -0.4 is 4.90 Å². The number of aromatic nitrogens is 4. The highest BCUT2D eigenvalue weighted by atomic mass is 15.2. The Morgan fingerprint density at radius 1 is 1.05 bits per heavy atom. The molecule has 0 spiro atoms. The number of benzene rings is 1. The zero-order chi connectivity index (χ0) is 14.9. The van der Waals surface area contributed by atoms with Crippen molar-refractivity contribution in [3.8, 4) is 0 Å². The summed E-state index contributed by atoms with van der Waals surface area (Å²) in [6.07, 6.45) is 5.65. The van der Waals surface area contributed by atoms with Gasteiger partial charge in [0, 0.05) is 19.2 Å². The van der Waals surface area contributed by atoms with Crippen molar-refractivity contribution in [3.63, 3.8) is 0 Å². The van der Waals surface area contributed by atoms with E-state index in [9.17, 15) is 0 Å². The van der Waals surface area contributed by atoms with Crippen molar-refractivity contribution in [1.29, 1.82) is 0 Å². The summed E-state index contributed by atoms with van der Waals surface area (Å²) in [5.74, 6) is 1.83. The van der Waals surface area contributed by atoms with E-state index in [-0.39, 0.29) is 0 Å². The van der Waals surface area contributed by atoms with Gasteiger partial charge in [-0.15, -0.1) is 0 Å². The van der Waals surface area contributed by atoms with E-state index in [0.29, 0.717) is 0 Å².